The van der Waals surface area contributed by atoms with Crippen LogP contribution in [0, 0.1) is 6.92 Å². The van der Waals surface area contributed by atoms with Crippen molar-refractivity contribution in [2.75, 3.05) is 36.8 Å². The highest BCUT2D eigenvalue weighted by molar-refractivity contribution is 5.56. The van der Waals surface area contributed by atoms with Gasteiger partial charge in [-0.3, -0.25) is 4.90 Å². The topological polar surface area (TPSA) is 32.5 Å². The smallest absolute Gasteiger partial charge is 0.0387 e. The van der Waals surface area contributed by atoms with Crippen molar-refractivity contribution < 1.29 is 0 Å². The van der Waals surface area contributed by atoms with E-state index in [-0.39, 0.29) is 0 Å². The van der Waals surface area contributed by atoms with Crippen LogP contribution in [0.15, 0.2) is 48.5 Å². The molecule has 3 heteroatoms. The number of anilines is 2. The maximum atomic E-state index is 5.87. The molecule has 0 radical (unpaired) electrons. The number of hydrogen-bond donors (Lipinski definition) is 1. The number of aryl methyl sites for hydroxylation is 1. The molecule has 1 heterocycles. The molecular formula is C18H23N3. The summed E-state index contributed by atoms with van der Waals surface area (Å²) in [6, 6.07) is 17.0. The Labute approximate surface area is 127 Å². The van der Waals surface area contributed by atoms with Gasteiger partial charge in [0.2, 0.25) is 0 Å². The van der Waals surface area contributed by atoms with Crippen LogP contribution in [-0.4, -0.2) is 31.1 Å². The van der Waals surface area contributed by atoms with Gasteiger partial charge in [-0.05, 0) is 30.7 Å². The zero-order chi connectivity index (χ0) is 14.7. The van der Waals surface area contributed by atoms with Crippen molar-refractivity contribution >= 4 is 11.4 Å². The van der Waals surface area contributed by atoms with E-state index in [2.05, 4.69) is 53.1 Å². The van der Waals surface area contributed by atoms with Gasteiger partial charge in [0.05, 0.1) is 0 Å². The Hall–Kier alpha value is -2.00. The lowest BCUT2D eigenvalue weighted by molar-refractivity contribution is 0.250. The van der Waals surface area contributed by atoms with Crippen LogP contribution >= 0.6 is 0 Å². The molecule has 1 fully saturated rings. The van der Waals surface area contributed by atoms with Crippen LogP contribution in [0.5, 0.6) is 0 Å². The lowest BCUT2D eigenvalue weighted by Gasteiger charge is -2.36. The van der Waals surface area contributed by atoms with Gasteiger partial charge in [0.15, 0.2) is 0 Å². The third kappa shape index (κ3) is 3.56. The molecule has 0 atom stereocenters. The van der Waals surface area contributed by atoms with Gasteiger partial charge in [0.25, 0.3) is 0 Å². The van der Waals surface area contributed by atoms with Crippen LogP contribution in [0.25, 0.3) is 0 Å². The van der Waals surface area contributed by atoms with E-state index in [1.807, 2.05) is 12.1 Å². The minimum Gasteiger partial charge on any atom is -0.399 e. The van der Waals surface area contributed by atoms with Gasteiger partial charge < -0.3 is 10.6 Å². The number of nitrogen functional groups attached to an aromatic ring is 1. The number of piperazine rings is 1. The summed E-state index contributed by atoms with van der Waals surface area (Å²) in [5.41, 5.74) is 10.7. The van der Waals surface area contributed by atoms with Gasteiger partial charge in [-0.25, -0.2) is 0 Å². The summed E-state index contributed by atoms with van der Waals surface area (Å²) in [5.74, 6) is 0. The van der Waals surface area contributed by atoms with E-state index >= 15 is 0 Å². The molecule has 1 aliphatic rings. The number of benzene rings is 2. The van der Waals surface area contributed by atoms with Gasteiger partial charge in [-0.1, -0.05) is 35.9 Å². The molecule has 3 rings (SSSR count). The van der Waals surface area contributed by atoms with Gasteiger partial charge in [0.1, 0.15) is 0 Å². The number of rotatable bonds is 3. The fraction of sp³-hybridized carbons (Fsp3) is 0.333. The van der Waals surface area contributed by atoms with Gasteiger partial charge in [0, 0.05) is 44.1 Å². The van der Waals surface area contributed by atoms with Crippen LogP contribution in [0.4, 0.5) is 11.4 Å². The molecule has 0 bridgehead atoms. The molecule has 110 valence electrons. The van der Waals surface area contributed by atoms with Crippen molar-refractivity contribution in [2.24, 2.45) is 0 Å². The molecule has 2 aromatic rings. The first-order valence-electron chi connectivity index (χ1n) is 7.59. The maximum absolute atomic E-state index is 5.87. The van der Waals surface area contributed by atoms with Crippen LogP contribution < -0.4 is 10.6 Å². The van der Waals surface area contributed by atoms with E-state index in [1.165, 1.54) is 16.8 Å². The highest BCUT2D eigenvalue weighted by Crippen LogP contribution is 2.19. The molecule has 0 spiro atoms. The van der Waals surface area contributed by atoms with Gasteiger partial charge in [-0.15, -0.1) is 0 Å². The normalized spacial score (nSPS) is 16.1. The minimum atomic E-state index is 0.842. The minimum absolute atomic E-state index is 0.842. The molecule has 3 nitrogen and oxygen atoms in total. The highest BCUT2D eigenvalue weighted by atomic mass is 15.3. The molecule has 0 amide bonds. The zero-order valence-corrected chi connectivity index (χ0v) is 12.6. The summed E-state index contributed by atoms with van der Waals surface area (Å²) < 4.78 is 0. The Morgan fingerprint density at radius 3 is 2.33 bits per heavy atom. The second-order valence-corrected chi connectivity index (χ2v) is 5.84. The molecule has 1 aliphatic heterocycles. The molecule has 21 heavy (non-hydrogen) atoms. The number of nitrogens with two attached hydrogens (primary N) is 1. The Balaban J connectivity index is 1.56. The highest BCUT2D eigenvalue weighted by Gasteiger charge is 2.17. The molecule has 0 saturated carbocycles. The third-order valence-corrected chi connectivity index (χ3v) is 4.13. The summed E-state index contributed by atoms with van der Waals surface area (Å²) in [6.45, 7) is 7.51. The molecule has 0 aromatic heterocycles. The van der Waals surface area contributed by atoms with E-state index in [0.29, 0.717) is 0 Å². The van der Waals surface area contributed by atoms with Crippen LogP contribution in [0.2, 0.25) is 0 Å². The Bertz CT molecular complexity index is 584. The summed E-state index contributed by atoms with van der Waals surface area (Å²) >= 11 is 0. The SMILES string of the molecule is Cc1ccc(CN2CCN(c3cccc(N)c3)CC2)cc1. The van der Waals surface area contributed by atoms with Crippen molar-refractivity contribution in [1.29, 1.82) is 0 Å². The predicted molar refractivity (Wildman–Crippen MR) is 89.5 cm³/mol. The van der Waals surface area contributed by atoms with E-state index < -0.39 is 0 Å². The van der Waals surface area contributed by atoms with Crippen LogP contribution in [0.1, 0.15) is 11.1 Å². The number of hydrogen-bond acceptors (Lipinski definition) is 3. The molecule has 0 aliphatic carbocycles. The van der Waals surface area contributed by atoms with E-state index in [9.17, 15) is 0 Å². The summed E-state index contributed by atoms with van der Waals surface area (Å²) in [4.78, 5) is 4.94. The average Bonchev–Trinajstić information content (AvgIpc) is 2.50. The molecule has 0 unspecified atom stereocenters. The van der Waals surface area contributed by atoms with E-state index in [1.54, 1.807) is 0 Å². The predicted octanol–water partition coefficient (Wildman–Crippen LogP) is 2.90. The van der Waals surface area contributed by atoms with Crippen LogP contribution in [0.3, 0.4) is 0 Å². The summed E-state index contributed by atoms with van der Waals surface area (Å²) in [7, 11) is 0. The number of nitrogens with zero attached hydrogens (tertiary/aromatic N) is 2. The Morgan fingerprint density at radius 1 is 0.952 bits per heavy atom. The fourth-order valence-corrected chi connectivity index (χ4v) is 2.84. The van der Waals surface area contributed by atoms with Crippen molar-refractivity contribution in [1.82, 2.24) is 4.90 Å². The largest absolute Gasteiger partial charge is 0.399 e. The van der Waals surface area contributed by atoms with Gasteiger partial charge >= 0.3 is 0 Å². The monoisotopic (exact) mass is 281 g/mol. The van der Waals surface area contributed by atoms with Crippen molar-refractivity contribution in [3.8, 4) is 0 Å². The fourth-order valence-electron chi connectivity index (χ4n) is 2.84. The lowest BCUT2D eigenvalue weighted by atomic mass is 10.1. The second kappa shape index (κ2) is 6.19. The Morgan fingerprint density at radius 2 is 1.67 bits per heavy atom. The first kappa shape index (κ1) is 14.0. The maximum Gasteiger partial charge on any atom is 0.0387 e. The summed E-state index contributed by atoms with van der Waals surface area (Å²) in [5, 5.41) is 0. The molecular weight excluding hydrogens is 258 g/mol. The Kier molecular flexibility index (Phi) is 4.11. The quantitative estimate of drug-likeness (QED) is 0.878. The van der Waals surface area contributed by atoms with Crippen molar-refractivity contribution in [2.45, 2.75) is 13.5 Å². The summed E-state index contributed by atoms with van der Waals surface area (Å²) in [6.07, 6.45) is 0. The van der Waals surface area contributed by atoms with E-state index in [0.717, 1.165) is 38.4 Å². The van der Waals surface area contributed by atoms with Crippen molar-refractivity contribution in [3.63, 3.8) is 0 Å². The molecule has 2 N–H and O–H groups in total. The van der Waals surface area contributed by atoms with E-state index in [4.69, 9.17) is 5.73 Å². The first-order valence-corrected chi connectivity index (χ1v) is 7.59. The lowest BCUT2D eigenvalue weighted by Crippen LogP contribution is -2.45. The van der Waals surface area contributed by atoms with Gasteiger partial charge in [-0.2, -0.15) is 0 Å². The first-order chi connectivity index (χ1) is 10.2. The molecule has 2 aromatic carbocycles. The second-order valence-electron chi connectivity index (χ2n) is 5.84. The zero-order valence-electron chi connectivity index (χ0n) is 12.6. The van der Waals surface area contributed by atoms with Crippen molar-refractivity contribution in [3.05, 3.63) is 59.7 Å². The van der Waals surface area contributed by atoms with Crippen LogP contribution in [-0.2, 0) is 6.54 Å². The third-order valence-electron chi connectivity index (χ3n) is 4.13. The standard InChI is InChI=1S/C18H23N3/c1-15-5-7-16(8-6-15)14-20-9-11-21(12-10-20)18-4-2-3-17(19)13-18/h2-8,13H,9-12,14,19H2,1H3. The average molecular weight is 281 g/mol. The molecule has 1 saturated heterocycles.